The molecule has 0 unspecified atom stereocenters. The molecular formula is C70H76BN3O. The Hall–Kier alpha value is -6.72. The summed E-state index contributed by atoms with van der Waals surface area (Å²) in [7, 11) is 0. The molecule has 0 atom stereocenters. The van der Waals surface area contributed by atoms with Crippen molar-refractivity contribution < 1.29 is 4.42 Å². The summed E-state index contributed by atoms with van der Waals surface area (Å²) >= 11 is 0. The smallest absolute Gasteiger partial charge is 0.297 e. The third-order valence-electron chi connectivity index (χ3n) is 18.0. The number of para-hydroxylation sites is 2. The second-order valence-electron chi connectivity index (χ2n) is 27.2. The van der Waals surface area contributed by atoms with Crippen LogP contribution in [0.3, 0.4) is 0 Å². The number of benzene rings is 7. The fourth-order valence-corrected chi connectivity index (χ4v) is 13.2. The van der Waals surface area contributed by atoms with Crippen LogP contribution in [-0.2, 0) is 32.5 Å². The molecule has 5 heteroatoms. The topological polar surface area (TPSA) is 22.9 Å². The first-order chi connectivity index (χ1) is 35.4. The van der Waals surface area contributed by atoms with E-state index in [0.717, 1.165) is 59.9 Å². The lowest BCUT2D eigenvalue weighted by Gasteiger charge is -2.47. The van der Waals surface area contributed by atoms with Gasteiger partial charge in [-0.15, -0.1) is 0 Å². The van der Waals surface area contributed by atoms with Gasteiger partial charge in [0.1, 0.15) is 5.76 Å². The van der Waals surface area contributed by atoms with E-state index in [1.54, 1.807) is 0 Å². The molecule has 0 radical (unpaired) electrons. The second-order valence-corrected chi connectivity index (χ2v) is 27.2. The number of hydrogen-bond acceptors (Lipinski definition) is 4. The van der Waals surface area contributed by atoms with Gasteiger partial charge in [-0.3, -0.25) is 0 Å². The van der Waals surface area contributed by atoms with Crippen LogP contribution in [0.5, 0.6) is 0 Å². The summed E-state index contributed by atoms with van der Waals surface area (Å²) in [5.41, 5.74) is 22.9. The van der Waals surface area contributed by atoms with Gasteiger partial charge in [0.2, 0.25) is 0 Å². The average molecular weight is 986 g/mol. The highest BCUT2D eigenvalue weighted by molar-refractivity contribution is 6.99. The SMILES string of the molecule is CC(C)(C)c1ccc(N2c3cc(N(c4ccccc4)c4ccccc4)cc4c3B(c3cc5c(cc3N4c3ccc(C(C)(C)C)cc3-c3ccccc3)C(C)(C)CCC5(C)C)c3oc4c(c32)C(C)(C)CCC4(C)C)cc1. The number of nitrogens with zero attached hydrogens (tertiary/aromatic N) is 3. The van der Waals surface area contributed by atoms with Gasteiger partial charge in [-0.1, -0.05) is 188 Å². The average Bonchev–Trinajstić information content (AvgIpc) is 3.88. The summed E-state index contributed by atoms with van der Waals surface area (Å²) in [4.78, 5) is 7.78. The van der Waals surface area contributed by atoms with Crippen molar-refractivity contribution in [3.63, 3.8) is 0 Å². The minimum absolute atomic E-state index is 0.00680. The first kappa shape index (κ1) is 49.2. The zero-order valence-corrected chi connectivity index (χ0v) is 47.2. The summed E-state index contributed by atoms with van der Waals surface area (Å²) in [5.74, 6) is 1.14. The minimum atomic E-state index is -0.185. The van der Waals surface area contributed by atoms with Gasteiger partial charge in [0.05, 0.1) is 22.7 Å². The van der Waals surface area contributed by atoms with E-state index in [9.17, 15) is 0 Å². The van der Waals surface area contributed by atoms with Crippen LogP contribution in [0, 0.1) is 0 Å². The highest BCUT2D eigenvalue weighted by Crippen LogP contribution is 2.57. The first-order valence-corrected chi connectivity index (χ1v) is 27.8. The lowest BCUT2D eigenvalue weighted by Crippen LogP contribution is -2.61. The molecule has 4 nitrogen and oxygen atoms in total. The van der Waals surface area contributed by atoms with Crippen LogP contribution in [-0.4, -0.2) is 6.71 Å². The molecule has 0 N–H and O–H groups in total. The van der Waals surface area contributed by atoms with Gasteiger partial charge in [-0.2, -0.15) is 0 Å². The van der Waals surface area contributed by atoms with Gasteiger partial charge in [0.25, 0.3) is 6.71 Å². The van der Waals surface area contributed by atoms with Gasteiger partial charge < -0.3 is 19.1 Å². The number of fused-ring (bicyclic) bond motifs is 7. The van der Waals surface area contributed by atoms with Crippen molar-refractivity contribution in [2.75, 3.05) is 14.7 Å². The Kier molecular flexibility index (Phi) is 11.1. The standard InChI is InChI=1S/C70H76BN3O/c1-65(2,3)46-30-33-50(34-31-46)73-58-41-51(72(48-26-20-16-21-27-48)49-28-22-17-23-29-49)42-59-61(58)71(64-62(73)60-63(75-64)70(13,14)39-38-69(60,11)12)55-43-53-54(68(9,10)37-36-67(53,7)8)44-57(55)74(59)56-35-32-47(66(4,5)6)40-52(56)45-24-18-15-19-25-45/h15-35,40-44H,36-39H2,1-14H3. The number of anilines is 9. The summed E-state index contributed by atoms with van der Waals surface area (Å²) in [6, 6.07) is 60.1. The van der Waals surface area contributed by atoms with E-state index in [0.29, 0.717) is 0 Å². The third-order valence-corrected chi connectivity index (χ3v) is 18.0. The summed E-state index contributed by atoms with van der Waals surface area (Å²) < 4.78 is 7.89. The van der Waals surface area contributed by atoms with Gasteiger partial charge in [0.15, 0.2) is 0 Å². The molecular weight excluding hydrogens is 910 g/mol. The zero-order chi connectivity index (χ0) is 52.8. The zero-order valence-electron chi connectivity index (χ0n) is 47.2. The molecule has 2 aliphatic carbocycles. The van der Waals surface area contributed by atoms with E-state index in [-0.39, 0.29) is 39.2 Å². The van der Waals surface area contributed by atoms with E-state index in [1.165, 1.54) is 78.3 Å². The van der Waals surface area contributed by atoms with Gasteiger partial charge >= 0.3 is 0 Å². The van der Waals surface area contributed by atoms with E-state index in [2.05, 4.69) is 269 Å². The molecule has 7 aromatic carbocycles. The van der Waals surface area contributed by atoms with E-state index < -0.39 is 0 Å². The molecule has 0 saturated heterocycles. The number of hydrogen-bond donors (Lipinski definition) is 0. The monoisotopic (exact) mass is 986 g/mol. The molecule has 0 bridgehead atoms. The summed E-state index contributed by atoms with van der Waals surface area (Å²) in [6.07, 6.45) is 4.39. The predicted octanol–water partition coefficient (Wildman–Crippen LogP) is 17.8. The highest BCUT2D eigenvalue weighted by atomic mass is 16.3. The van der Waals surface area contributed by atoms with Crippen LogP contribution < -0.4 is 31.3 Å². The van der Waals surface area contributed by atoms with Gasteiger partial charge in [0, 0.05) is 50.7 Å². The second kappa shape index (κ2) is 16.9. The van der Waals surface area contributed by atoms with Gasteiger partial charge in [-0.25, -0.2) is 0 Å². The van der Waals surface area contributed by atoms with Crippen LogP contribution in [0.25, 0.3) is 11.1 Å². The van der Waals surface area contributed by atoms with Crippen molar-refractivity contribution in [1.82, 2.24) is 0 Å². The number of rotatable bonds is 6. The molecule has 3 heterocycles. The minimum Gasteiger partial charge on any atom is -0.472 e. The molecule has 1 aromatic heterocycles. The quantitative estimate of drug-likeness (QED) is 0.155. The number of furan rings is 1. The van der Waals surface area contributed by atoms with Crippen LogP contribution in [0.1, 0.15) is 156 Å². The first-order valence-electron chi connectivity index (χ1n) is 27.8. The van der Waals surface area contributed by atoms with Crippen LogP contribution in [0.15, 0.2) is 162 Å². The fourth-order valence-electron chi connectivity index (χ4n) is 13.2. The molecule has 0 fully saturated rings. The van der Waals surface area contributed by atoms with E-state index in [1.807, 2.05) is 0 Å². The fraction of sp³-hybridized carbons (Fsp3) is 0.343. The van der Waals surface area contributed by atoms with Crippen molar-refractivity contribution in [3.05, 3.63) is 191 Å². The Morgan fingerprint density at radius 1 is 0.467 bits per heavy atom. The maximum Gasteiger partial charge on any atom is 0.297 e. The van der Waals surface area contributed by atoms with Crippen molar-refractivity contribution in [2.24, 2.45) is 0 Å². The summed E-state index contributed by atoms with van der Waals surface area (Å²) in [5, 5.41) is 0. The molecule has 2 aliphatic heterocycles. The lowest BCUT2D eigenvalue weighted by atomic mass is 9.35. The Morgan fingerprint density at radius 2 is 0.973 bits per heavy atom. The Morgan fingerprint density at radius 3 is 1.55 bits per heavy atom. The van der Waals surface area contributed by atoms with Crippen molar-refractivity contribution in [1.29, 1.82) is 0 Å². The van der Waals surface area contributed by atoms with Gasteiger partial charge in [-0.05, 0) is 158 Å². The largest absolute Gasteiger partial charge is 0.472 e. The van der Waals surface area contributed by atoms with Crippen LogP contribution >= 0.6 is 0 Å². The molecule has 0 amide bonds. The molecule has 4 aliphatic rings. The highest BCUT2D eigenvalue weighted by Gasteiger charge is 2.53. The Labute approximate surface area is 448 Å². The van der Waals surface area contributed by atoms with Crippen molar-refractivity contribution >= 4 is 74.5 Å². The maximum absolute atomic E-state index is 7.89. The van der Waals surface area contributed by atoms with Crippen molar-refractivity contribution in [3.8, 4) is 11.1 Å². The predicted molar refractivity (Wildman–Crippen MR) is 321 cm³/mol. The third kappa shape index (κ3) is 7.92. The van der Waals surface area contributed by atoms with Crippen molar-refractivity contribution in [2.45, 2.75) is 155 Å². The normalized spacial score (nSPS) is 17.6. The molecule has 75 heavy (non-hydrogen) atoms. The Bertz CT molecular complexity index is 3470. The lowest BCUT2D eigenvalue weighted by molar-refractivity contribution is 0.282. The molecule has 380 valence electrons. The van der Waals surface area contributed by atoms with Crippen LogP contribution in [0.2, 0.25) is 0 Å². The van der Waals surface area contributed by atoms with E-state index >= 15 is 0 Å². The Balaban J connectivity index is 1.28. The molecule has 0 spiro atoms. The maximum atomic E-state index is 7.89. The van der Waals surface area contributed by atoms with E-state index in [4.69, 9.17) is 4.42 Å². The van der Waals surface area contributed by atoms with Crippen LogP contribution in [0.4, 0.5) is 51.2 Å². The molecule has 0 saturated carbocycles. The molecule has 8 aromatic rings. The molecule has 12 rings (SSSR count). The summed E-state index contributed by atoms with van der Waals surface area (Å²) in [6.45, 7) is 33.4.